The van der Waals surface area contributed by atoms with Crippen LogP contribution < -0.4 is 0 Å². The number of aromatic nitrogens is 1. The van der Waals surface area contributed by atoms with E-state index in [0.717, 1.165) is 28.4 Å². The summed E-state index contributed by atoms with van der Waals surface area (Å²) >= 11 is 9.08. The Morgan fingerprint density at radius 1 is 1.45 bits per heavy atom. The second-order valence-electron chi connectivity index (χ2n) is 5.32. The Morgan fingerprint density at radius 3 is 2.77 bits per heavy atom. The van der Waals surface area contributed by atoms with Crippen LogP contribution in [0.3, 0.4) is 0 Å². The lowest BCUT2D eigenvalue weighted by Crippen LogP contribution is -2.12. The summed E-state index contributed by atoms with van der Waals surface area (Å²) in [6.07, 6.45) is 2.06. The lowest BCUT2D eigenvalue weighted by Gasteiger charge is -2.09. The van der Waals surface area contributed by atoms with E-state index < -0.39 is 5.97 Å². The first kappa shape index (κ1) is 15.4. The predicted octanol–water partition coefficient (Wildman–Crippen LogP) is 4.18. The molecule has 0 unspecified atom stereocenters. The molecule has 0 saturated heterocycles. The third-order valence-corrected chi connectivity index (χ3v) is 4.62. The Labute approximate surface area is 142 Å². The van der Waals surface area contributed by atoms with E-state index in [4.69, 9.17) is 21.5 Å². The van der Waals surface area contributed by atoms with Crippen LogP contribution in [0.25, 0.3) is 0 Å². The van der Waals surface area contributed by atoms with Crippen molar-refractivity contribution >= 4 is 39.0 Å². The van der Waals surface area contributed by atoms with Crippen LogP contribution in [0.1, 0.15) is 51.7 Å². The fourth-order valence-corrected chi connectivity index (χ4v) is 3.30. The topological polar surface area (TPSA) is 52.3 Å². The van der Waals surface area contributed by atoms with Crippen molar-refractivity contribution in [3.63, 3.8) is 0 Å². The van der Waals surface area contributed by atoms with Gasteiger partial charge in [0.2, 0.25) is 0 Å². The van der Waals surface area contributed by atoms with E-state index >= 15 is 0 Å². The van der Waals surface area contributed by atoms with Crippen molar-refractivity contribution in [2.75, 3.05) is 7.11 Å². The fraction of sp³-hybridized carbons (Fsp3) is 0.312. The Kier molecular flexibility index (Phi) is 4.14. The van der Waals surface area contributed by atoms with Crippen LogP contribution in [0.2, 0.25) is 0 Å². The number of thiocarbonyl (C=S) groups is 1. The first-order chi connectivity index (χ1) is 10.5. The van der Waals surface area contributed by atoms with E-state index in [-0.39, 0.29) is 5.69 Å². The van der Waals surface area contributed by atoms with Crippen LogP contribution in [0.15, 0.2) is 27.2 Å². The van der Waals surface area contributed by atoms with Crippen LogP contribution in [0, 0.1) is 6.92 Å². The minimum absolute atomic E-state index is 0.164. The highest BCUT2D eigenvalue weighted by Crippen LogP contribution is 2.43. The van der Waals surface area contributed by atoms with E-state index in [1.165, 1.54) is 7.11 Å². The van der Waals surface area contributed by atoms with Gasteiger partial charge in [-0.05, 0) is 43.0 Å². The van der Waals surface area contributed by atoms with Gasteiger partial charge in [-0.1, -0.05) is 39.4 Å². The van der Waals surface area contributed by atoms with Gasteiger partial charge in [-0.25, -0.2) is 4.79 Å². The number of carbonyl (C=O) groups is 1. The van der Waals surface area contributed by atoms with Crippen LogP contribution >= 0.6 is 28.1 Å². The highest BCUT2D eigenvalue weighted by atomic mass is 79.9. The molecule has 0 atom stereocenters. The first-order valence-corrected chi connectivity index (χ1v) is 8.11. The average molecular weight is 380 g/mol. The molecule has 1 aromatic heterocycles. The second kappa shape index (κ2) is 5.93. The molecule has 2 aromatic rings. The van der Waals surface area contributed by atoms with Gasteiger partial charge in [-0.2, -0.15) is 0 Å². The summed E-state index contributed by atoms with van der Waals surface area (Å²) in [5.74, 6) is 0.477. The standard InChI is InChI=1S/C16H14BrNO3S/c1-8-7-10(17)5-6-11(8)15(22)12-13(16(19)20-2)18-21-14(12)9-3-4-9/h5-7,9H,3-4H2,1-2H3. The molecule has 0 N–H and O–H groups in total. The van der Waals surface area contributed by atoms with Gasteiger partial charge in [-0.3, -0.25) is 0 Å². The van der Waals surface area contributed by atoms with Crippen LogP contribution in [-0.4, -0.2) is 23.1 Å². The van der Waals surface area contributed by atoms with Crippen LogP contribution in [0.5, 0.6) is 0 Å². The molecule has 6 heteroatoms. The summed E-state index contributed by atoms with van der Waals surface area (Å²) in [6.45, 7) is 1.98. The van der Waals surface area contributed by atoms with Crippen molar-refractivity contribution in [3.05, 3.63) is 50.8 Å². The van der Waals surface area contributed by atoms with E-state index in [0.29, 0.717) is 22.1 Å². The largest absolute Gasteiger partial charge is 0.464 e. The summed E-state index contributed by atoms with van der Waals surface area (Å²) in [6, 6.07) is 5.85. The van der Waals surface area contributed by atoms with Crippen LogP contribution in [0.4, 0.5) is 0 Å². The number of methoxy groups -OCH3 is 1. The lowest BCUT2D eigenvalue weighted by atomic mass is 9.97. The molecule has 0 amide bonds. The van der Waals surface area contributed by atoms with Crippen molar-refractivity contribution < 1.29 is 14.1 Å². The number of benzene rings is 1. The second-order valence-corrected chi connectivity index (χ2v) is 6.65. The Balaban J connectivity index is 2.11. The molecule has 3 rings (SSSR count). The summed E-state index contributed by atoms with van der Waals surface area (Å²) in [4.78, 5) is 12.5. The number of nitrogens with zero attached hydrogens (tertiary/aromatic N) is 1. The molecule has 0 aliphatic heterocycles. The number of aryl methyl sites for hydroxylation is 1. The molecule has 22 heavy (non-hydrogen) atoms. The number of hydrogen-bond acceptors (Lipinski definition) is 5. The van der Waals surface area contributed by atoms with E-state index in [1.54, 1.807) is 0 Å². The summed E-state index contributed by atoms with van der Waals surface area (Å²) < 4.78 is 11.2. The predicted molar refractivity (Wildman–Crippen MR) is 89.5 cm³/mol. The summed E-state index contributed by atoms with van der Waals surface area (Å²) in [5, 5.41) is 3.90. The van der Waals surface area contributed by atoms with E-state index in [2.05, 4.69) is 21.1 Å². The van der Waals surface area contributed by atoms with Gasteiger partial charge in [0, 0.05) is 10.4 Å². The number of rotatable bonds is 4. The molecule has 1 heterocycles. The molecular formula is C16H14BrNO3S. The number of hydrogen-bond donors (Lipinski definition) is 0. The van der Waals surface area contributed by atoms with Gasteiger partial charge in [-0.15, -0.1) is 0 Å². The van der Waals surface area contributed by atoms with Crippen molar-refractivity contribution in [3.8, 4) is 0 Å². The van der Waals surface area contributed by atoms with Crippen LogP contribution in [-0.2, 0) is 4.74 Å². The normalized spacial score (nSPS) is 14.0. The molecule has 0 bridgehead atoms. The van der Waals surface area contributed by atoms with Crippen molar-refractivity contribution in [2.24, 2.45) is 0 Å². The zero-order chi connectivity index (χ0) is 15.9. The molecule has 4 nitrogen and oxygen atoms in total. The fourth-order valence-electron chi connectivity index (χ4n) is 2.40. The van der Waals surface area contributed by atoms with E-state index in [1.807, 2.05) is 25.1 Å². The third-order valence-electron chi connectivity index (χ3n) is 3.71. The molecule has 1 aromatic carbocycles. The van der Waals surface area contributed by atoms with Crippen molar-refractivity contribution in [1.82, 2.24) is 5.16 Å². The zero-order valence-electron chi connectivity index (χ0n) is 12.2. The lowest BCUT2D eigenvalue weighted by molar-refractivity contribution is 0.0589. The number of ether oxygens (including phenoxy) is 1. The molecule has 0 radical (unpaired) electrons. The third kappa shape index (κ3) is 2.73. The highest BCUT2D eigenvalue weighted by Gasteiger charge is 2.36. The monoisotopic (exact) mass is 379 g/mol. The smallest absolute Gasteiger partial charge is 0.360 e. The van der Waals surface area contributed by atoms with Crippen molar-refractivity contribution in [2.45, 2.75) is 25.7 Å². The van der Waals surface area contributed by atoms with Crippen molar-refractivity contribution in [1.29, 1.82) is 0 Å². The molecule has 1 aliphatic carbocycles. The Morgan fingerprint density at radius 2 is 2.18 bits per heavy atom. The highest BCUT2D eigenvalue weighted by molar-refractivity contribution is 9.10. The maximum absolute atomic E-state index is 12.0. The number of halogens is 1. The van der Waals surface area contributed by atoms with Gasteiger partial charge in [0.25, 0.3) is 0 Å². The molecular weight excluding hydrogens is 366 g/mol. The quantitative estimate of drug-likeness (QED) is 0.453. The molecule has 1 fully saturated rings. The Hall–Kier alpha value is -1.53. The minimum atomic E-state index is -0.525. The maximum Gasteiger partial charge on any atom is 0.360 e. The summed E-state index contributed by atoms with van der Waals surface area (Å²) in [5.41, 5.74) is 2.69. The average Bonchev–Trinajstić information content (AvgIpc) is 3.24. The first-order valence-electron chi connectivity index (χ1n) is 6.91. The SMILES string of the molecule is COC(=O)c1noc(C2CC2)c1C(=S)c1ccc(Br)cc1C. The van der Waals surface area contributed by atoms with Gasteiger partial charge >= 0.3 is 5.97 Å². The zero-order valence-corrected chi connectivity index (χ0v) is 14.6. The van der Waals surface area contributed by atoms with Gasteiger partial charge in [0.1, 0.15) is 5.76 Å². The summed E-state index contributed by atoms with van der Waals surface area (Å²) in [7, 11) is 1.32. The molecule has 0 spiro atoms. The maximum atomic E-state index is 12.0. The van der Waals surface area contributed by atoms with Gasteiger partial charge in [0.05, 0.1) is 17.5 Å². The molecule has 114 valence electrons. The number of carbonyl (C=O) groups excluding carboxylic acids is 1. The van der Waals surface area contributed by atoms with Gasteiger partial charge < -0.3 is 9.26 Å². The number of esters is 1. The minimum Gasteiger partial charge on any atom is -0.464 e. The molecule has 1 aliphatic rings. The Bertz CT molecular complexity index is 765. The van der Waals surface area contributed by atoms with E-state index in [9.17, 15) is 4.79 Å². The van der Waals surface area contributed by atoms with Gasteiger partial charge in [0.15, 0.2) is 5.69 Å². The molecule has 1 saturated carbocycles.